The molecule has 0 radical (unpaired) electrons. The molecule has 1 aromatic rings. The highest BCUT2D eigenvalue weighted by atomic mass is 16.5. The molecule has 0 aliphatic rings. The first-order valence-corrected chi connectivity index (χ1v) is 5.54. The van der Waals surface area contributed by atoms with Crippen molar-refractivity contribution in [2.75, 3.05) is 7.11 Å². The highest BCUT2D eigenvalue weighted by molar-refractivity contribution is 5.05. The predicted octanol–water partition coefficient (Wildman–Crippen LogP) is 1.99. The van der Waals surface area contributed by atoms with Crippen LogP contribution in [-0.2, 0) is 4.74 Å². The largest absolute Gasteiger partial charge is 0.379 e. The van der Waals surface area contributed by atoms with Crippen molar-refractivity contribution in [3.8, 4) is 0 Å². The van der Waals surface area contributed by atoms with Gasteiger partial charge in [-0.1, -0.05) is 0 Å². The lowest BCUT2D eigenvalue weighted by molar-refractivity contribution is 0.0124. The van der Waals surface area contributed by atoms with Gasteiger partial charge in [-0.2, -0.15) is 0 Å². The standard InChI is InChI=1S/C12H21N3O/c1-9-7-15-11(8-14-9)10(13)5-6-12(2,3)16-4/h7-8,10H,5-6,13H2,1-4H3. The van der Waals surface area contributed by atoms with E-state index in [0.29, 0.717) is 0 Å². The maximum atomic E-state index is 6.05. The summed E-state index contributed by atoms with van der Waals surface area (Å²) in [5, 5.41) is 0. The number of nitrogens with zero attached hydrogens (tertiary/aromatic N) is 2. The molecular formula is C12H21N3O. The predicted molar refractivity (Wildman–Crippen MR) is 64.0 cm³/mol. The minimum Gasteiger partial charge on any atom is -0.379 e. The molecule has 1 unspecified atom stereocenters. The summed E-state index contributed by atoms with van der Waals surface area (Å²) in [5.41, 5.74) is 7.67. The van der Waals surface area contributed by atoms with Crippen molar-refractivity contribution in [2.24, 2.45) is 5.73 Å². The van der Waals surface area contributed by atoms with Gasteiger partial charge in [0.15, 0.2) is 0 Å². The van der Waals surface area contributed by atoms with Crippen molar-refractivity contribution in [1.29, 1.82) is 0 Å². The van der Waals surface area contributed by atoms with Crippen molar-refractivity contribution >= 4 is 0 Å². The Morgan fingerprint density at radius 1 is 1.38 bits per heavy atom. The van der Waals surface area contributed by atoms with Crippen LogP contribution in [0, 0.1) is 6.92 Å². The third kappa shape index (κ3) is 3.87. The summed E-state index contributed by atoms with van der Waals surface area (Å²) in [6.07, 6.45) is 5.25. The number of aryl methyl sites for hydroxylation is 1. The van der Waals surface area contributed by atoms with Crippen LogP contribution in [0.2, 0.25) is 0 Å². The molecule has 16 heavy (non-hydrogen) atoms. The number of hydrogen-bond donors (Lipinski definition) is 1. The Labute approximate surface area is 97.2 Å². The summed E-state index contributed by atoms with van der Waals surface area (Å²) in [4.78, 5) is 8.47. The maximum absolute atomic E-state index is 6.05. The zero-order chi connectivity index (χ0) is 12.2. The number of rotatable bonds is 5. The molecule has 0 aliphatic heterocycles. The smallest absolute Gasteiger partial charge is 0.0754 e. The summed E-state index contributed by atoms with van der Waals surface area (Å²) >= 11 is 0. The van der Waals surface area contributed by atoms with Crippen molar-refractivity contribution in [3.05, 3.63) is 23.8 Å². The average Bonchev–Trinajstić information content (AvgIpc) is 2.27. The van der Waals surface area contributed by atoms with Gasteiger partial charge < -0.3 is 10.5 Å². The zero-order valence-corrected chi connectivity index (χ0v) is 10.5. The van der Waals surface area contributed by atoms with Crippen molar-refractivity contribution in [2.45, 2.75) is 45.3 Å². The van der Waals surface area contributed by atoms with Crippen LogP contribution in [0.5, 0.6) is 0 Å². The molecule has 1 aromatic heterocycles. The van der Waals surface area contributed by atoms with E-state index in [1.807, 2.05) is 6.92 Å². The Bertz CT molecular complexity index is 322. The zero-order valence-electron chi connectivity index (χ0n) is 10.5. The first kappa shape index (κ1) is 13.1. The molecule has 90 valence electrons. The Morgan fingerprint density at radius 2 is 2.06 bits per heavy atom. The van der Waals surface area contributed by atoms with E-state index in [1.165, 1.54) is 0 Å². The van der Waals surface area contributed by atoms with Crippen molar-refractivity contribution in [3.63, 3.8) is 0 Å². The summed E-state index contributed by atoms with van der Waals surface area (Å²) in [7, 11) is 1.72. The lowest BCUT2D eigenvalue weighted by Crippen LogP contribution is -2.25. The Balaban J connectivity index is 2.53. The molecule has 0 saturated carbocycles. The van der Waals surface area contributed by atoms with Crippen LogP contribution in [0.4, 0.5) is 0 Å². The topological polar surface area (TPSA) is 61.0 Å². The highest BCUT2D eigenvalue weighted by Gasteiger charge is 2.18. The summed E-state index contributed by atoms with van der Waals surface area (Å²) in [6.45, 7) is 6.03. The molecule has 0 fully saturated rings. The summed E-state index contributed by atoms with van der Waals surface area (Å²) in [5.74, 6) is 0. The molecule has 0 bridgehead atoms. The van der Waals surface area contributed by atoms with E-state index in [-0.39, 0.29) is 11.6 Å². The molecular weight excluding hydrogens is 202 g/mol. The molecule has 0 amide bonds. The van der Waals surface area contributed by atoms with Gasteiger partial charge in [0.25, 0.3) is 0 Å². The second-order valence-corrected chi connectivity index (χ2v) is 4.69. The van der Waals surface area contributed by atoms with E-state index in [1.54, 1.807) is 19.5 Å². The van der Waals surface area contributed by atoms with E-state index >= 15 is 0 Å². The molecule has 0 aliphatic carbocycles. The van der Waals surface area contributed by atoms with Crippen LogP contribution in [0.3, 0.4) is 0 Å². The monoisotopic (exact) mass is 223 g/mol. The molecule has 0 aromatic carbocycles. The van der Waals surface area contributed by atoms with E-state index in [0.717, 1.165) is 24.2 Å². The highest BCUT2D eigenvalue weighted by Crippen LogP contribution is 2.21. The fourth-order valence-corrected chi connectivity index (χ4v) is 1.35. The maximum Gasteiger partial charge on any atom is 0.0754 e. The second-order valence-electron chi connectivity index (χ2n) is 4.69. The number of methoxy groups -OCH3 is 1. The van der Waals surface area contributed by atoms with Crippen LogP contribution in [0.25, 0.3) is 0 Å². The van der Waals surface area contributed by atoms with Gasteiger partial charge in [-0.05, 0) is 33.6 Å². The van der Waals surface area contributed by atoms with E-state index in [2.05, 4.69) is 23.8 Å². The van der Waals surface area contributed by atoms with Gasteiger partial charge in [0, 0.05) is 19.3 Å². The van der Waals surface area contributed by atoms with Crippen LogP contribution < -0.4 is 5.73 Å². The van der Waals surface area contributed by atoms with E-state index in [9.17, 15) is 0 Å². The minimum absolute atomic E-state index is 0.0671. The Morgan fingerprint density at radius 3 is 2.56 bits per heavy atom. The van der Waals surface area contributed by atoms with E-state index < -0.39 is 0 Å². The molecule has 4 nitrogen and oxygen atoms in total. The molecule has 1 rings (SSSR count). The molecule has 4 heteroatoms. The number of nitrogens with two attached hydrogens (primary N) is 1. The molecule has 0 spiro atoms. The number of hydrogen-bond acceptors (Lipinski definition) is 4. The normalized spacial score (nSPS) is 13.8. The van der Waals surface area contributed by atoms with Gasteiger partial charge in [-0.25, -0.2) is 0 Å². The number of aromatic nitrogens is 2. The van der Waals surface area contributed by atoms with Gasteiger partial charge in [0.1, 0.15) is 0 Å². The third-order valence-corrected chi connectivity index (χ3v) is 2.79. The van der Waals surface area contributed by atoms with E-state index in [4.69, 9.17) is 10.5 Å². The lowest BCUT2D eigenvalue weighted by Gasteiger charge is -2.24. The summed E-state index contributed by atoms with van der Waals surface area (Å²) in [6, 6.07) is -0.0671. The third-order valence-electron chi connectivity index (χ3n) is 2.79. The molecule has 1 heterocycles. The lowest BCUT2D eigenvalue weighted by atomic mass is 9.98. The average molecular weight is 223 g/mol. The first-order chi connectivity index (χ1) is 7.44. The molecule has 2 N–H and O–H groups in total. The Hall–Kier alpha value is -1.00. The molecule has 1 atom stereocenters. The van der Waals surface area contributed by atoms with Gasteiger partial charge in [-0.3, -0.25) is 9.97 Å². The van der Waals surface area contributed by atoms with Crippen molar-refractivity contribution < 1.29 is 4.74 Å². The van der Waals surface area contributed by atoms with Gasteiger partial charge >= 0.3 is 0 Å². The van der Waals surface area contributed by atoms with Crippen LogP contribution in [0.1, 0.15) is 44.1 Å². The Kier molecular flexibility index (Phi) is 4.38. The quantitative estimate of drug-likeness (QED) is 0.829. The molecule has 0 saturated heterocycles. The fraction of sp³-hybridized carbons (Fsp3) is 0.667. The van der Waals surface area contributed by atoms with Gasteiger partial charge in [0.2, 0.25) is 0 Å². The second kappa shape index (κ2) is 5.37. The SMILES string of the molecule is COC(C)(C)CCC(N)c1cnc(C)cn1. The first-order valence-electron chi connectivity index (χ1n) is 5.54. The number of ether oxygens (including phenoxy) is 1. The fourth-order valence-electron chi connectivity index (χ4n) is 1.35. The minimum atomic E-state index is -0.129. The van der Waals surface area contributed by atoms with Gasteiger partial charge in [-0.15, -0.1) is 0 Å². The van der Waals surface area contributed by atoms with Crippen LogP contribution in [0.15, 0.2) is 12.4 Å². The van der Waals surface area contributed by atoms with Crippen LogP contribution in [-0.4, -0.2) is 22.7 Å². The van der Waals surface area contributed by atoms with Crippen molar-refractivity contribution in [1.82, 2.24) is 9.97 Å². The van der Waals surface area contributed by atoms with Crippen LogP contribution >= 0.6 is 0 Å². The van der Waals surface area contributed by atoms with Gasteiger partial charge in [0.05, 0.1) is 23.2 Å². The summed E-state index contributed by atoms with van der Waals surface area (Å²) < 4.78 is 5.35.